The summed E-state index contributed by atoms with van der Waals surface area (Å²) in [5.41, 5.74) is 4.56. The van der Waals surface area contributed by atoms with E-state index in [0.717, 1.165) is 22.2 Å². The minimum absolute atomic E-state index is 0.121. The molecule has 7 heteroatoms. The van der Waals surface area contributed by atoms with E-state index < -0.39 is 0 Å². The topological polar surface area (TPSA) is 90.4 Å². The zero-order valence-electron chi connectivity index (χ0n) is 15.1. The molecule has 0 saturated carbocycles. The Balaban J connectivity index is 1.61. The number of fused-ring (bicyclic) bond motifs is 1. The van der Waals surface area contributed by atoms with E-state index in [4.69, 9.17) is 0 Å². The third kappa shape index (κ3) is 3.31. The Kier molecular flexibility index (Phi) is 4.19. The largest absolute Gasteiger partial charge is 0.324 e. The van der Waals surface area contributed by atoms with E-state index in [9.17, 15) is 9.59 Å². The number of H-pyrrole nitrogens is 1. The van der Waals surface area contributed by atoms with Crippen LogP contribution in [-0.2, 0) is 9.59 Å². The Bertz CT molecular complexity index is 1050. The summed E-state index contributed by atoms with van der Waals surface area (Å²) in [6.07, 6.45) is 0.534. The van der Waals surface area contributed by atoms with Gasteiger partial charge in [-0.1, -0.05) is 24.3 Å². The SMILES string of the molecule is Cc1ccc(C)c(N2N=C(C(=O)Nc3nc4ccccc4[nH]3)CCC2=O)c1. The maximum absolute atomic E-state index is 12.6. The predicted molar refractivity (Wildman–Crippen MR) is 105 cm³/mol. The highest BCUT2D eigenvalue weighted by atomic mass is 16.2. The van der Waals surface area contributed by atoms with Gasteiger partial charge in [-0.25, -0.2) is 9.99 Å². The number of aryl methyl sites for hydroxylation is 2. The molecule has 0 unspecified atom stereocenters. The van der Waals surface area contributed by atoms with E-state index in [1.807, 2.05) is 56.3 Å². The minimum Gasteiger partial charge on any atom is -0.324 e. The number of imidazole rings is 1. The quantitative estimate of drug-likeness (QED) is 0.750. The number of aromatic nitrogens is 2. The van der Waals surface area contributed by atoms with Crippen LogP contribution in [0.3, 0.4) is 0 Å². The molecule has 1 aliphatic rings. The summed E-state index contributed by atoms with van der Waals surface area (Å²) in [7, 11) is 0. The third-order valence-electron chi connectivity index (χ3n) is 4.51. The number of hydrogen-bond acceptors (Lipinski definition) is 4. The van der Waals surface area contributed by atoms with Gasteiger partial charge in [-0.3, -0.25) is 14.9 Å². The van der Waals surface area contributed by atoms with Crippen molar-refractivity contribution in [3.05, 3.63) is 53.6 Å². The van der Waals surface area contributed by atoms with Crippen molar-refractivity contribution < 1.29 is 9.59 Å². The molecule has 2 heterocycles. The normalized spacial score (nSPS) is 14.4. The molecule has 0 aliphatic carbocycles. The molecule has 0 spiro atoms. The number of carbonyl (C=O) groups excluding carboxylic acids is 2. The lowest BCUT2D eigenvalue weighted by Crippen LogP contribution is -2.36. The van der Waals surface area contributed by atoms with Crippen molar-refractivity contribution in [1.82, 2.24) is 9.97 Å². The number of nitrogens with zero attached hydrogens (tertiary/aromatic N) is 3. The van der Waals surface area contributed by atoms with Gasteiger partial charge in [0.2, 0.25) is 11.9 Å². The van der Waals surface area contributed by atoms with Gasteiger partial charge in [0.05, 0.1) is 16.7 Å². The van der Waals surface area contributed by atoms with Crippen molar-refractivity contribution in [3.8, 4) is 0 Å². The van der Waals surface area contributed by atoms with E-state index in [0.29, 0.717) is 23.8 Å². The molecule has 7 nitrogen and oxygen atoms in total. The van der Waals surface area contributed by atoms with Crippen LogP contribution in [-0.4, -0.2) is 27.5 Å². The van der Waals surface area contributed by atoms with Gasteiger partial charge in [0, 0.05) is 12.8 Å². The number of anilines is 2. The van der Waals surface area contributed by atoms with Gasteiger partial charge in [-0.15, -0.1) is 0 Å². The van der Waals surface area contributed by atoms with Crippen molar-refractivity contribution in [1.29, 1.82) is 0 Å². The second kappa shape index (κ2) is 6.68. The number of para-hydroxylation sites is 2. The van der Waals surface area contributed by atoms with Gasteiger partial charge in [0.25, 0.3) is 5.91 Å². The Morgan fingerprint density at radius 1 is 1.15 bits per heavy atom. The standard InChI is InChI=1S/C20H19N5O2/c1-12-7-8-13(2)17(11-12)25-18(26)10-9-16(24-25)19(27)23-20-21-14-5-3-4-6-15(14)22-20/h3-8,11H,9-10H2,1-2H3,(H2,21,22,23,27). The van der Waals surface area contributed by atoms with E-state index in [-0.39, 0.29) is 18.2 Å². The Hall–Kier alpha value is -3.48. The Morgan fingerprint density at radius 3 is 2.78 bits per heavy atom. The smallest absolute Gasteiger partial charge is 0.274 e. The molecule has 0 saturated heterocycles. The number of amides is 2. The monoisotopic (exact) mass is 361 g/mol. The summed E-state index contributed by atoms with van der Waals surface area (Å²) >= 11 is 0. The minimum atomic E-state index is -0.364. The van der Waals surface area contributed by atoms with Crippen LogP contribution in [0.25, 0.3) is 11.0 Å². The molecule has 3 aromatic rings. The second-order valence-electron chi connectivity index (χ2n) is 6.60. The maximum atomic E-state index is 12.6. The first kappa shape index (κ1) is 17.0. The molecule has 0 fully saturated rings. The van der Waals surface area contributed by atoms with Crippen molar-refractivity contribution in [3.63, 3.8) is 0 Å². The summed E-state index contributed by atoms with van der Waals surface area (Å²) in [4.78, 5) is 32.4. The Morgan fingerprint density at radius 2 is 1.96 bits per heavy atom. The highest BCUT2D eigenvalue weighted by Gasteiger charge is 2.27. The molecule has 1 aromatic heterocycles. The first-order chi connectivity index (χ1) is 13.0. The Labute approximate surface area is 156 Å². The van der Waals surface area contributed by atoms with E-state index in [2.05, 4.69) is 20.4 Å². The second-order valence-corrected chi connectivity index (χ2v) is 6.60. The maximum Gasteiger partial charge on any atom is 0.274 e. The average Bonchev–Trinajstić information content (AvgIpc) is 3.06. The molecule has 27 heavy (non-hydrogen) atoms. The van der Waals surface area contributed by atoms with Gasteiger partial charge >= 0.3 is 0 Å². The highest BCUT2D eigenvalue weighted by molar-refractivity contribution is 6.44. The summed E-state index contributed by atoms with van der Waals surface area (Å²) in [6.45, 7) is 3.87. The van der Waals surface area contributed by atoms with Crippen molar-refractivity contribution >= 4 is 40.2 Å². The number of benzene rings is 2. The predicted octanol–water partition coefficient (Wildman–Crippen LogP) is 3.30. The van der Waals surface area contributed by atoms with Crippen LogP contribution in [0.15, 0.2) is 47.6 Å². The summed E-state index contributed by atoms with van der Waals surface area (Å²) in [6, 6.07) is 13.3. The van der Waals surface area contributed by atoms with Crippen LogP contribution in [0.5, 0.6) is 0 Å². The van der Waals surface area contributed by atoms with Crippen LogP contribution in [0.1, 0.15) is 24.0 Å². The number of rotatable bonds is 3. The van der Waals surface area contributed by atoms with Gasteiger partial charge in [0.15, 0.2) is 0 Å². The lowest BCUT2D eigenvalue weighted by molar-refractivity contribution is -0.118. The number of hydrazone groups is 1. The first-order valence-electron chi connectivity index (χ1n) is 8.75. The fraction of sp³-hybridized carbons (Fsp3) is 0.200. The van der Waals surface area contributed by atoms with E-state index in [1.165, 1.54) is 5.01 Å². The van der Waals surface area contributed by atoms with Crippen molar-refractivity contribution in [2.45, 2.75) is 26.7 Å². The molecule has 0 atom stereocenters. The van der Waals surface area contributed by atoms with Gasteiger partial charge in [0.1, 0.15) is 5.71 Å². The molecule has 136 valence electrons. The summed E-state index contributed by atoms with van der Waals surface area (Å²) in [5.74, 6) is -0.125. The van der Waals surface area contributed by atoms with Gasteiger partial charge in [-0.2, -0.15) is 5.10 Å². The van der Waals surface area contributed by atoms with Gasteiger partial charge in [-0.05, 0) is 43.2 Å². The van der Waals surface area contributed by atoms with Gasteiger partial charge < -0.3 is 4.98 Å². The summed E-state index contributed by atoms with van der Waals surface area (Å²) < 4.78 is 0. The highest BCUT2D eigenvalue weighted by Crippen LogP contribution is 2.25. The average molecular weight is 361 g/mol. The molecule has 0 radical (unpaired) electrons. The van der Waals surface area contributed by atoms with Crippen molar-refractivity contribution in [2.75, 3.05) is 10.3 Å². The number of aromatic amines is 1. The first-order valence-corrected chi connectivity index (χ1v) is 8.75. The lowest BCUT2D eigenvalue weighted by Gasteiger charge is -2.24. The fourth-order valence-electron chi connectivity index (χ4n) is 3.04. The fourth-order valence-corrected chi connectivity index (χ4v) is 3.04. The van der Waals surface area contributed by atoms with E-state index >= 15 is 0 Å². The molecule has 4 rings (SSSR count). The van der Waals surface area contributed by atoms with Crippen LogP contribution in [0, 0.1) is 13.8 Å². The molecule has 1 aliphatic heterocycles. The van der Waals surface area contributed by atoms with E-state index in [1.54, 1.807) is 0 Å². The molecule has 2 N–H and O–H groups in total. The number of nitrogens with one attached hydrogen (secondary N) is 2. The zero-order chi connectivity index (χ0) is 19.0. The number of carbonyl (C=O) groups is 2. The van der Waals surface area contributed by atoms with Crippen LogP contribution >= 0.6 is 0 Å². The molecule has 0 bridgehead atoms. The van der Waals surface area contributed by atoms with Crippen LogP contribution in [0.4, 0.5) is 11.6 Å². The molecule has 2 aromatic carbocycles. The molecular weight excluding hydrogens is 342 g/mol. The number of hydrogen-bond donors (Lipinski definition) is 2. The van der Waals surface area contributed by atoms with Crippen molar-refractivity contribution in [2.24, 2.45) is 5.10 Å². The molecular formula is C20H19N5O2. The molecule has 2 amide bonds. The lowest BCUT2D eigenvalue weighted by atomic mass is 10.1. The summed E-state index contributed by atoms with van der Waals surface area (Å²) in [5, 5.41) is 8.40. The third-order valence-corrected chi connectivity index (χ3v) is 4.51. The zero-order valence-corrected chi connectivity index (χ0v) is 15.1. The van der Waals surface area contributed by atoms with Crippen LogP contribution in [0.2, 0.25) is 0 Å². The van der Waals surface area contributed by atoms with Crippen LogP contribution < -0.4 is 10.3 Å².